The van der Waals surface area contributed by atoms with Gasteiger partial charge < -0.3 is 14.9 Å². The molecule has 0 atom stereocenters. The van der Waals surface area contributed by atoms with Crippen molar-refractivity contribution in [2.75, 3.05) is 31.1 Å². The number of amides is 1. The van der Waals surface area contributed by atoms with Crippen molar-refractivity contribution in [3.8, 4) is 0 Å². The summed E-state index contributed by atoms with van der Waals surface area (Å²) < 4.78 is 0. The molecule has 5 nitrogen and oxygen atoms in total. The van der Waals surface area contributed by atoms with E-state index in [0.29, 0.717) is 26.2 Å². The summed E-state index contributed by atoms with van der Waals surface area (Å²) in [5.74, 6) is -2.18. The Morgan fingerprint density at radius 2 is 1.59 bits per heavy atom. The van der Waals surface area contributed by atoms with Crippen LogP contribution in [0.25, 0.3) is 0 Å². The topological polar surface area (TPSA) is 60.9 Å². The van der Waals surface area contributed by atoms with Crippen LogP contribution in [0.4, 0.5) is 5.69 Å². The van der Waals surface area contributed by atoms with Crippen LogP contribution in [0.1, 0.15) is 0 Å². The van der Waals surface area contributed by atoms with E-state index in [4.69, 9.17) is 5.11 Å². The molecule has 2 rings (SSSR count). The molecule has 0 spiro atoms. The number of benzene rings is 1. The molecule has 1 saturated heterocycles. The standard InChI is InChI=1S/C12H14N2O3/c15-11(12(16)17)14-8-6-13(7-9-14)10-4-2-1-3-5-10/h1-5H,6-9H2,(H,16,17). The Morgan fingerprint density at radius 3 is 2.12 bits per heavy atom. The molecule has 1 aliphatic heterocycles. The monoisotopic (exact) mass is 234 g/mol. The number of hydrogen-bond donors (Lipinski definition) is 1. The lowest BCUT2D eigenvalue weighted by atomic mass is 10.2. The van der Waals surface area contributed by atoms with Crippen LogP contribution < -0.4 is 4.90 Å². The molecule has 1 amide bonds. The first-order valence-electron chi connectivity index (χ1n) is 5.50. The average Bonchev–Trinajstić information content (AvgIpc) is 2.39. The van der Waals surface area contributed by atoms with E-state index in [-0.39, 0.29) is 0 Å². The minimum Gasteiger partial charge on any atom is -0.474 e. The molecule has 0 unspecified atom stereocenters. The van der Waals surface area contributed by atoms with E-state index in [2.05, 4.69) is 4.90 Å². The normalized spacial score (nSPS) is 15.8. The van der Waals surface area contributed by atoms with E-state index in [1.54, 1.807) is 0 Å². The van der Waals surface area contributed by atoms with Crippen molar-refractivity contribution in [3.63, 3.8) is 0 Å². The molecular weight excluding hydrogens is 220 g/mol. The minimum absolute atomic E-state index is 0.458. The van der Waals surface area contributed by atoms with Crippen LogP contribution in [-0.4, -0.2) is 48.1 Å². The maximum absolute atomic E-state index is 11.2. The van der Waals surface area contributed by atoms with Gasteiger partial charge in [0, 0.05) is 31.9 Å². The Bertz CT molecular complexity index is 411. The third-order valence-electron chi connectivity index (χ3n) is 2.87. The number of piperazine rings is 1. The fraction of sp³-hybridized carbons (Fsp3) is 0.333. The fourth-order valence-corrected chi connectivity index (χ4v) is 1.94. The lowest BCUT2D eigenvalue weighted by Crippen LogP contribution is -2.50. The Labute approximate surface area is 99.3 Å². The van der Waals surface area contributed by atoms with E-state index < -0.39 is 11.9 Å². The number of anilines is 1. The molecule has 0 saturated carbocycles. The summed E-state index contributed by atoms with van der Waals surface area (Å²) in [6, 6.07) is 9.89. The Morgan fingerprint density at radius 1 is 1.00 bits per heavy atom. The maximum atomic E-state index is 11.2. The zero-order valence-electron chi connectivity index (χ0n) is 9.37. The van der Waals surface area contributed by atoms with E-state index in [0.717, 1.165) is 5.69 Å². The van der Waals surface area contributed by atoms with Gasteiger partial charge in [-0.3, -0.25) is 4.79 Å². The van der Waals surface area contributed by atoms with Gasteiger partial charge in [0.1, 0.15) is 0 Å². The van der Waals surface area contributed by atoms with Gasteiger partial charge in [0.05, 0.1) is 0 Å². The molecule has 1 aliphatic rings. The summed E-state index contributed by atoms with van der Waals surface area (Å²) in [5.41, 5.74) is 1.11. The van der Waals surface area contributed by atoms with E-state index in [1.165, 1.54) is 4.90 Å². The van der Waals surface area contributed by atoms with Gasteiger partial charge in [-0.2, -0.15) is 0 Å². The fourth-order valence-electron chi connectivity index (χ4n) is 1.94. The molecule has 1 aromatic rings. The third kappa shape index (κ3) is 2.55. The number of hydrogen-bond acceptors (Lipinski definition) is 3. The molecule has 1 heterocycles. The summed E-state index contributed by atoms with van der Waals surface area (Å²) in [4.78, 5) is 25.3. The molecule has 0 aromatic heterocycles. The summed E-state index contributed by atoms with van der Waals surface area (Å²) in [6.07, 6.45) is 0. The van der Waals surface area contributed by atoms with Crippen LogP contribution in [0.3, 0.4) is 0 Å². The van der Waals surface area contributed by atoms with Crippen molar-refractivity contribution in [2.24, 2.45) is 0 Å². The number of carbonyl (C=O) groups is 2. The predicted molar refractivity (Wildman–Crippen MR) is 62.9 cm³/mol. The smallest absolute Gasteiger partial charge is 0.394 e. The van der Waals surface area contributed by atoms with Gasteiger partial charge >= 0.3 is 11.9 Å². The van der Waals surface area contributed by atoms with E-state index in [9.17, 15) is 9.59 Å². The van der Waals surface area contributed by atoms with Crippen LogP contribution in [0.2, 0.25) is 0 Å². The quantitative estimate of drug-likeness (QED) is 0.715. The summed E-state index contributed by atoms with van der Waals surface area (Å²) in [6.45, 7) is 2.26. The lowest BCUT2D eigenvalue weighted by Gasteiger charge is -2.35. The second-order valence-electron chi connectivity index (χ2n) is 3.92. The number of rotatable bonds is 1. The van der Waals surface area contributed by atoms with E-state index in [1.807, 2.05) is 30.3 Å². The highest BCUT2D eigenvalue weighted by Crippen LogP contribution is 2.15. The zero-order valence-corrected chi connectivity index (χ0v) is 9.37. The maximum Gasteiger partial charge on any atom is 0.394 e. The van der Waals surface area contributed by atoms with Crippen molar-refractivity contribution in [1.82, 2.24) is 4.90 Å². The summed E-state index contributed by atoms with van der Waals surface area (Å²) in [7, 11) is 0. The minimum atomic E-state index is -1.38. The predicted octanol–water partition coefficient (Wildman–Crippen LogP) is 0.420. The first-order valence-corrected chi connectivity index (χ1v) is 5.50. The van der Waals surface area contributed by atoms with Crippen LogP contribution in [0, 0.1) is 0 Å². The van der Waals surface area contributed by atoms with E-state index >= 15 is 0 Å². The van der Waals surface area contributed by atoms with Gasteiger partial charge in [0.15, 0.2) is 0 Å². The molecule has 90 valence electrons. The van der Waals surface area contributed by atoms with Gasteiger partial charge in [-0.15, -0.1) is 0 Å². The third-order valence-corrected chi connectivity index (χ3v) is 2.87. The van der Waals surface area contributed by atoms with Crippen molar-refractivity contribution in [2.45, 2.75) is 0 Å². The molecule has 0 bridgehead atoms. The second kappa shape index (κ2) is 4.86. The van der Waals surface area contributed by atoms with Gasteiger partial charge in [0.2, 0.25) is 0 Å². The largest absolute Gasteiger partial charge is 0.474 e. The molecule has 0 radical (unpaired) electrons. The molecule has 0 aliphatic carbocycles. The number of aliphatic carboxylic acids is 1. The highest BCUT2D eigenvalue weighted by molar-refractivity contribution is 6.31. The Kier molecular flexibility index (Phi) is 3.27. The van der Waals surface area contributed by atoms with Gasteiger partial charge in [-0.1, -0.05) is 18.2 Å². The molecule has 17 heavy (non-hydrogen) atoms. The molecule has 5 heteroatoms. The van der Waals surface area contributed by atoms with Crippen molar-refractivity contribution >= 4 is 17.6 Å². The van der Waals surface area contributed by atoms with Crippen LogP contribution in [-0.2, 0) is 9.59 Å². The van der Waals surface area contributed by atoms with Crippen molar-refractivity contribution < 1.29 is 14.7 Å². The van der Waals surface area contributed by atoms with Crippen LogP contribution >= 0.6 is 0 Å². The average molecular weight is 234 g/mol. The number of carboxylic acid groups (broad SMARTS) is 1. The van der Waals surface area contributed by atoms with Gasteiger partial charge in [-0.05, 0) is 12.1 Å². The number of carbonyl (C=O) groups excluding carboxylic acids is 1. The summed E-state index contributed by atoms with van der Waals surface area (Å²) >= 11 is 0. The van der Waals surface area contributed by atoms with Gasteiger partial charge in [-0.25, -0.2) is 4.79 Å². The highest BCUT2D eigenvalue weighted by Gasteiger charge is 2.25. The SMILES string of the molecule is O=C(O)C(=O)N1CCN(c2ccccc2)CC1. The molecule has 1 aromatic carbocycles. The van der Waals surface area contributed by atoms with Crippen molar-refractivity contribution in [3.05, 3.63) is 30.3 Å². The van der Waals surface area contributed by atoms with Gasteiger partial charge in [0.25, 0.3) is 0 Å². The highest BCUT2D eigenvalue weighted by atomic mass is 16.4. The molecular formula is C12H14N2O3. The molecule has 1 N–H and O–H groups in total. The number of carboxylic acids is 1. The summed E-state index contributed by atoms with van der Waals surface area (Å²) in [5, 5.41) is 8.61. The number of para-hydroxylation sites is 1. The zero-order chi connectivity index (χ0) is 12.3. The Hall–Kier alpha value is -2.04. The van der Waals surface area contributed by atoms with Crippen molar-refractivity contribution in [1.29, 1.82) is 0 Å². The lowest BCUT2D eigenvalue weighted by molar-refractivity contribution is -0.156. The Balaban J connectivity index is 1.95. The second-order valence-corrected chi connectivity index (χ2v) is 3.92. The first kappa shape index (κ1) is 11.4. The number of nitrogens with zero attached hydrogens (tertiary/aromatic N) is 2. The first-order chi connectivity index (χ1) is 8.18. The molecule has 1 fully saturated rings. The van der Waals surface area contributed by atoms with Crippen LogP contribution in [0.5, 0.6) is 0 Å². The van der Waals surface area contributed by atoms with Crippen LogP contribution in [0.15, 0.2) is 30.3 Å².